The minimum Gasteiger partial charge on any atom is -0.376 e. The van der Waals surface area contributed by atoms with Gasteiger partial charge < -0.3 is 5.32 Å². The summed E-state index contributed by atoms with van der Waals surface area (Å²) in [4.78, 5) is 0. The van der Waals surface area contributed by atoms with Crippen molar-refractivity contribution in [2.24, 2.45) is 0 Å². The summed E-state index contributed by atoms with van der Waals surface area (Å²) in [6.45, 7) is 11.0. The van der Waals surface area contributed by atoms with Crippen LogP contribution in [0.3, 0.4) is 0 Å². The molecule has 1 heterocycles. The average molecular weight is 201 g/mol. The molecular formula is C14H19N. The molecule has 0 bridgehead atoms. The van der Waals surface area contributed by atoms with Gasteiger partial charge in [0.15, 0.2) is 0 Å². The second kappa shape index (κ2) is 3.13. The molecule has 0 radical (unpaired) electrons. The molecule has 1 aromatic rings. The lowest BCUT2D eigenvalue weighted by Gasteiger charge is -2.33. The monoisotopic (exact) mass is 201 g/mol. The second-order valence-electron chi connectivity index (χ2n) is 5.10. The first-order valence-corrected chi connectivity index (χ1v) is 5.49. The van der Waals surface area contributed by atoms with E-state index in [4.69, 9.17) is 0 Å². The Morgan fingerprint density at radius 2 is 1.73 bits per heavy atom. The van der Waals surface area contributed by atoms with Gasteiger partial charge in [-0.05, 0) is 51.3 Å². The largest absolute Gasteiger partial charge is 0.376 e. The molecule has 0 unspecified atom stereocenters. The van der Waals surface area contributed by atoms with Crippen LogP contribution < -0.4 is 5.32 Å². The van der Waals surface area contributed by atoms with E-state index in [1.165, 1.54) is 28.0 Å². The molecule has 0 saturated carbocycles. The average Bonchev–Trinajstić information content (AvgIpc) is 2.10. The van der Waals surface area contributed by atoms with E-state index < -0.39 is 0 Å². The molecule has 80 valence electrons. The van der Waals surface area contributed by atoms with Gasteiger partial charge in [-0.3, -0.25) is 0 Å². The Balaban J connectivity index is 2.65. The van der Waals surface area contributed by atoms with Crippen LogP contribution >= 0.6 is 0 Å². The normalized spacial score (nSPS) is 17.8. The standard InChI is InChI=1S/C14H19N/c1-9-6-7-12-10(2)8-14(4,5)15-13(12)11(9)3/h6-8,15H,1-5H3. The Morgan fingerprint density at radius 1 is 1.07 bits per heavy atom. The van der Waals surface area contributed by atoms with Gasteiger partial charge in [-0.1, -0.05) is 18.2 Å². The van der Waals surface area contributed by atoms with E-state index >= 15 is 0 Å². The van der Waals surface area contributed by atoms with Gasteiger partial charge in [0.2, 0.25) is 0 Å². The molecule has 1 nitrogen and oxygen atoms in total. The number of hydrogen-bond acceptors (Lipinski definition) is 1. The molecule has 0 amide bonds. The third-order valence-corrected chi connectivity index (χ3v) is 3.19. The van der Waals surface area contributed by atoms with Crippen molar-refractivity contribution in [3.8, 4) is 0 Å². The van der Waals surface area contributed by atoms with Crippen molar-refractivity contribution in [2.45, 2.75) is 40.2 Å². The summed E-state index contributed by atoms with van der Waals surface area (Å²) >= 11 is 0. The van der Waals surface area contributed by atoms with E-state index in [0.29, 0.717) is 0 Å². The molecule has 1 aliphatic rings. The van der Waals surface area contributed by atoms with Gasteiger partial charge in [0.05, 0.1) is 5.54 Å². The van der Waals surface area contributed by atoms with E-state index in [0.717, 1.165) is 0 Å². The lowest BCUT2D eigenvalue weighted by Crippen LogP contribution is -2.32. The van der Waals surface area contributed by atoms with Crippen LogP contribution in [0.5, 0.6) is 0 Å². The minimum absolute atomic E-state index is 0.0651. The maximum Gasteiger partial charge on any atom is 0.0506 e. The van der Waals surface area contributed by atoms with Gasteiger partial charge in [-0.25, -0.2) is 0 Å². The van der Waals surface area contributed by atoms with Crippen LogP contribution in [0.1, 0.15) is 37.5 Å². The van der Waals surface area contributed by atoms with Crippen LogP contribution in [0.4, 0.5) is 5.69 Å². The second-order valence-corrected chi connectivity index (χ2v) is 5.10. The molecule has 0 fully saturated rings. The van der Waals surface area contributed by atoms with Crippen molar-refractivity contribution < 1.29 is 0 Å². The first kappa shape index (κ1) is 10.3. The van der Waals surface area contributed by atoms with Gasteiger partial charge in [0, 0.05) is 11.3 Å². The molecule has 1 N–H and O–H groups in total. The molecule has 1 aromatic carbocycles. The Hall–Kier alpha value is -1.24. The van der Waals surface area contributed by atoms with Crippen molar-refractivity contribution in [3.63, 3.8) is 0 Å². The number of aryl methyl sites for hydroxylation is 1. The van der Waals surface area contributed by atoms with Crippen molar-refractivity contribution in [2.75, 3.05) is 5.32 Å². The Labute approximate surface area is 92.2 Å². The SMILES string of the molecule is CC1=CC(C)(C)Nc2c1ccc(C)c2C. The highest BCUT2D eigenvalue weighted by Gasteiger charge is 2.23. The van der Waals surface area contributed by atoms with Crippen molar-refractivity contribution in [1.82, 2.24) is 0 Å². The first-order valence-electron chi connectivity index (χ1n) is 5.49. The smallest absolute Gasteiger partial charge is 0.0506 e. The molecule has 0 saturated heterocycles. The number of nitrogens with one attached hydrogen (secondary N) is 1. The van der Waals surface area contributed by atoms with Gasteiger partial charge in [-0.2, -0.15) is 0 Å². The van der Waals surface area contributed by atoms with E-state index in [-0.39, 0.29) is 5.54 Å². The summed E-state index contributed by atoms with van der Waals surface area (Å²) in [5, 5.41) is 3.60. The summed E-state index contributed by atoms with van der Waals surface area (Å²) in [6.07, 6.45) is 2.30. The van der Waals surface area contributed by atoms with E-state index in [1.807, 2.05) is 0 Å². The number of rotatable bonds is 0. The van der Waals surface area contributed by atoms with Crippen LogP contribution in [0, 0.1) is 13.8 Å². The molecule has 0 spiro atoms. The minimum atomic E-state index is 0.0651. The Morgan fingerprint density at radius 3 is 2.40 bits per heavy atom. The predicted molar refractivity (Wildman–Crippen MR) is 67.3 cm³/mol. The summed E-state index contributed by atoms with van der Waals surface area (Å²) in [6, 6.07) is 4.41. The highest BCUT2D eigenvalue weighted by Crippen LogP contribution is 2.36. The number of fused-ring (bicyclic) bond motifs is 1. The number of allylic oxidation sites excluding steroid dienone is 1. The lowest BCUT2D eigenvalue weighted by molar-refractivity contribution is 0.706. The van der Waals surface area contributed by atoms with Gasteiger partial charge >= 0.3 is 0 Å². The highest BCUT2D eigenvalue weighted by molar-refractivity contribution is 5.82. The van der Waals surface area contributed by atoms with Gasteiger partial charge in [-0.15, -0.1) is 0 Å². The van der Waals surface area contributed by atoms with Gasteiger partial charge in [0.1, 0.15) is 0 Å². The van der Waals surface area contributed by atoms with E-state index in [2.05, 4.69) is 58.1 Å². The molecule has 0 aliphatic carbocycles. The Bertz CT molecular complexity index is 439. The molecule has 0 aromatic heterocycles. The van der Waals surface area contributed by atoms with Crippen LogP contribution in [0.2, 0.25) is 0 Å². The van der Waals surface area contributed by atoms with Crippen LogP contribution in [0.25, 0.3) is 5.57 Å². The number of benzene rings is 1. The molecule has 0 atom stereocenters. The molecule has 2 rings (SSSR count). The predicted octanol–water partition coefficient (Wildman–Crippen LogP) is 3.91. The van der Waals surface area contributed by atoms with Crippen LogP contribution in [-0.2, 0) is 0 Å². The summed E-state index contributed by atoms with van der Waals surface area (Å²) in [5.74, 6) is 0. The third kappa shape index (κ3) is 1.67. The number of hydrogen-bond donors (Lipinski definition) is 1. The fraction of sp³-hybridized carbons (Fsp3) is 0.429. The van der Waals surface area contributed by atoms with Crippen molar-refractivity contribution >= 4 is 11.3 Å². The topological polar surface area (TPSA) is 12.0 Å². The van der Waals surface area contributed by atoms with Crippen LogP contribution in [-0.4, -0.2) is 5.54 Å². The van der Waals surface area contributed by atoms with Gasteiger partial charge in [0.25, 0.3) is 0 Å². The van der Waals surface area contributed by atoms with Crippen LogP contribution in [0.15, 0.2) is 18.2 Å². The van der Waals surface area contributed by atoms with E-state index in [1.54, 1.807) is 0 Å². The fourth-order valence-electron chi connectivity index (χ4n) is 2.28. The molecule has 15 heavy (non-hydrogen) atoms. The fourth-order valence-corrected chi connectivity index (χ4v) is 2.28. The summed E-state index contributed by atoms with van der Waals surface area (Å²) < 4.78 is 0. The number of anilines is 1. The summed E-state index contributed by atoms with van der Waals surface area (Å²) in [7, 11) is 0. The highest BCUT2D eigenvalue weighted by atomic mass is 15.0. The summed E-state index contributed by atoms with van der Waals surface area (Å²) in [5.41, 5.74) is 6.81. The van der Waals surface area contributed by atoms with E-state index in [9.17, 15) is 0 Å². The van der Waals surface area contributed by atoms with Crippen molar-refractivity contribution in [1.29, 1.82) is 0 Å². The maximum absolute atomic E-state index is 3.60. The zero-order valence-electron chi connectivity index (χ0n) is 10.2. The van der Waals surface area contributed by atoms with Crippen molar-refractivity contribution in [3.05, 3.63) is 34.9 Å². The molecule has 1 heteroatoms. The third-order valence-electron chi connectivity index (χ3n) is 3.19. The Kier molecular flexibility index (Phi) is 2.14. The lowest BCUT2D eigenvalue weighted by atomic mass is 9.88. The quantitative estimate of drug-likeness (QED) is 0.671. The molecular weight excluding hydrogens is 182 g/mol. The zero-order chi connectivity index (χ0) is 11.2. The maximum atomic E-state index is 3.60. The molecule has 1 aliphatic heterocycles. The zero-order valence-corrected chi connectivity index (χ0v) is 10.2. The first-order chi connectivity index (χ1) is 6.91.